The van der Waals surface area contributed by atoms with Crippen LogP contribution in [0.4, 0.5) is 0 Å². The van der Waals surface area contributed by atoms with E-state index >= 15 is 0 Å². The van der Waals surface area contributed by atoms with E-state index in [1.807, 2.05) is 0 Å². The minimum Gasteiger partial charge on any atom is -0.388 e. The number of hydrogen-bond acceptors (Lipinski definition) is 1. The van der Waals surface area contributed by atoms with Gasteiger partial charge in [-0.2, -0.15) is 0 Å². The van der Waals surface area contributed by atoms with Crippen molar-refractivity contribution in [3.05, 3.63) is 35.9 Å². The molecule has 0 bridgehead atoms. The van der Waals surface area contributed by atoms with E-state index in [4.69, 9.17) is 0 Å². The van der Waals surface area contributed by atoms with Gasteiger partial charge in [0.1, 0.15) is 0 Å². The van der Waals surface area contributed by atoms with Crippen molar-refractivity contribution >= 4 is 0 Å². The highest BCUT2D eigenvalue weighted by molar-refractivity contribution is 5.20. The first-order valence-corrected chi connectivity index (χ1v) is 11.8. The van der Waals surface area contributed by atoms with Crippen LogP contribution in [0.5, 0.6) is 0 Å². The molecule has 4 aliphatic carbocycles. The first kappa shape index (κ1) is 18.2. The fourth-order valence-corrected chi connectivity index (χ4v) is 8.74. The molecule has 0 aliphatic heterocycles. The molecule has 1 N–H and O–H groups in total. The monoisotopic (exact) mass is 366 g/mol. The van der Waals surface area contributed by atoms with Crippen molar-refractivity contribution < 1.29 is 5.11 Å². The summed E-state index contributed by atoms with van der Waals surface area (Å²) < 4.78 is 0. The maximum atomic E-state index is 11.3. The minimum absolute atomic E-state index is 0.278. The lowest BCUT2D eigenvalue weighted by Gasteiger charge is -2.60. The molecule has 0 radical (unpaired) electrons. The molecule has 8 atom stereocenters. The molecule has 4 fully saturated rings. The van der Waals surface area contributed by atoms with Crippen LogP contribution in [0.15, 0.2) is 30.3 Å². The van der Waals surface area contributed by atoms with Crippen LogP contribution < -0.4 is 0 Å². The van der Waals surface area contributed by atoms with E-state index in [1.165, 1.54) is 64.2 Å². The molecule has 1 nitrogen and oxygen atoms in total. The molecule has 5 rings (SSSR count). The Morgan fingerprint density at radius 3 is 2.41 bits per heavy atom. The topological polar surface area (TPSA) is 20.2 Å². The third kappa shape index (κ3) is 2.67. The first-order chi connectivity index (χ1) is 13.0. The first-order valence-electron chi connectivity index (χ1n) is 11.8. The third-order valence-electron chi connectivity index (χ3n) is 10.2. The fourth-order valence-electron chi connectivity index (χ4n) is 8.74. The van der Waals surface area contributed by atoms with E-state index in [0.29, 0.717) is 16.7 Å². The summed E-state index contributed by atoms with van der Waals surface area (Å²) in [6.07, 6.45) is 13.9. The van der Waals surface area contributed by atoms with E-state index < -0.39 is 0 Å². The lowest BCUT2D eigenvalue weighted by molar-refractivity contribution is -0.120. The van der Waals surface area contributed by atoms with E-state index in [0.717, 1.165) is 29.2 Å². The molecule has 0 aromatic heterocycles. The Labute approximate surface area is 166 Å². The van der Waals surface area contributed by atoms with Crippen molar-refractivity contribution in [2.45, 2.75) is 84.2 Å². The average Bonchev–Trinajstić information content (AvgIpc) is 3.05. The van der Waals surface area contributed by atoms with Crippen LogP contribution in [0.2, 0.25) is 0 Å². The Hall–Kier alpha value is -0.820. The van der Waals surface area contributed by atoms with Gasteiger partial charge in [0.25, 0.3) is 0 Å². The average molecular weight is 367 g/mol. The number of benzene rings is 1. The van der Waals surface area contributed by atoms with E-state index in [9.17, 15) is 5.11 Å². The molecule has 0 spiro atoms. The van der Waals surface area contributed by atoms with Crippen molar-refractivity contribution in [1.82, 2.24) is 0 Å². The molecule has 4 saturated carbocycles. The van der Waals surface area contributed by atoms with Gasteiger partial charge in [0.05, 0.1) is 6.10 Å². The Bertz CT molecular complexity index is 668. The summed E-state index contributed by atoms with van der Waals surface area (Å²) in [5.41, 5.74) is 2.10. The zero-order valence-electron chi connectivity index (χ0n) is 17.4. The number of aliphatic hydroxyl groups excluding tert-OH is 1. The summed E-state index contributed by atoms with van der Waals surface area (Å²) in [4.78, 5) is 0. The van der Waals surface area contributed by atoms with Gasteiger partial charge in [-0.25, -0.2) is 0 Å². The quantitative estimate of drug-likeness (QED) is 0.612. The van der Waals surface area contributed by atoms with E-state index in [-0.39, 0.29) is 6.10 Å². The lowest BCUT2D eigenvalue weighted by Crippen LogP contribution is -2.53. The Morgan fingerprint density at radius 1 is 0.815 bits per heavy atom. The summed E-state index contributed by atoms with van der Waals surface area (Å²) in [5, 5.41) is 11.3. The van der Waals surface area contributed by atoms with Crippen molar-refractivity contribution in [2.75, 3.05) is 0 Å². The van der Waals surface area contributed by atoms with Crippen LogP contribution in [-0.4, -0.2) is 5.11 Å². The van der Waals surface area contributed by atoms with Gasteiger partial charge in [-0.1, -0.05) is 57.0 Å². The smallest absolute Gasteiger partial charge is 0.0823 e. The van der Waals surface area contributed by atoms with Gasteiger partial charge in [0.2, 0.25) is 0 Å². The minimum atomic E-state index is -0.278. The highest BCUT2D eigenvalue weighted by Gasteiger charge is 2.60. The van der Waals surface area contributed by atoms with Crippen LogP contribution in [0.1, 0.15) is 89.7 Å². The number of rotatable bonds is 2. The molecule has 0 amide bonds. The number of aliphatic hydroxyl groups is 1. The maximum absolute atomic E-state index is 11.3. The van der Waals surface area contributed by atoms with Gasteiger partial charge < -0.3 is 5.11 Å². The SMILES string of the molecule is C[C@]12CCCC[C@H]1CC[C@@H]1[C@@H]2CC[C@]2(C)C(C(O)c3ccccc3)CC[C@@H]12. The predicted octanol–water partition coefficient (Wildman–Crippen LogP) is 6.77. The zero-order chi connectivity index (χ0) is 18.6. The van der Waals surface area contributed by atoms with Crippen molar-refractivity contribution in [3.63, 3.8) is 0 Å². The van der Waals surface area contributed by atoms with Gasteiger partial charge in [0.15, 0.2) is 0 Å². The van der Waals surface area contributed by atoms with E-state index in [1.54, 1.807) is 0 Å². The van der Waals surface area contributed by atoms with Crippen molar-refractivity contribution in [3.8, 4) is 0 Å². The van der Waals surface area contributed by atoms with Gasteiger partial charge in [-0.05, 0) is 97.3 Å². The van der Waals surface area contributed by atoms with Crippen LogP contribution in [-0.2, 0) is 0 Å². The normalized spacial score (nSPS) is 47.6. The van der Waals surface area contributed by atoms with Crippen LogP contribution in [0.25, 0.3) is 0 Å². The zero-order valence-corrected chi connectivity index (χ0v) is 17.4. The molecule has 2 unspecified atom stereocenters. The maximum Gasteiger partial charge on any atom is 0.0823 e. The molecule has 1 aromatic carbocycles. The van der Waals surface area contributed by atoms with Gasteiger partial charge in [-0.3, -0.25) is 0 Å². The molecule has 0 heterocycles. The largest absolute Gasteiger partial charge is 0.388 e. The highest BCUT2D eigenvalue weighted by atomic mass is 16.3. The summed E-state index contributed by atoms with van der Waals surface area (Å²) in [5.74, 6) is 4.18. The molecule has 4 aliphatic rings. The van der Waals surface area contributed by atoms with Gasteiger partial charge >= 0.3 is 0 Å². The van der Waals surface area contributed by atoms with Crippen LogP contribution in [0.3, 0.4) is 0 Å². The van der Waals surface area contributed by atoms with Crippen molar-refractivity contribution in [2.24, 2.45) is 40.4 Å². The van der Waals surface area contributed by atoms with E-state index in [2.05, 4.69) is 44.2 Å². The molecule has 27 heavy (non-hydrogen) atoms. The second kappa shape index (κ2) is 6.61. The number of fused-ring (bicyclic) bond motifs is 5. The molecule has 148 valence electrons. The molecule has 0 saturated heterocycles. The molecular weight excluding hydrogens is 328 g/mol. The molecular formula is C26H38O. The summed E-state index contributed by atoms with van der Waals surface area (Å²) >= 11 is 0. The van der Waals surface area contributed by atoms with Crippen LogP contribution in [0, 0.1) is 40.4 Å². The molecule has 1 heteroatoms. The number of hydrogen-bond donors (Lipinski definition) is 1. The Morgan fingerprint density at radius 2 is 1.59 bits per heavy atom. The fraction of sp³-hybridized carbons (Fsp3) is 0.769. The second-order valence-corrected chi connectivity index (χ2v) is 11.0. The molecule has 1 aromatic rings. The Kier molecular flexibility index (Phi) is 4.46. The lowest BCUT2D eigenvalue weighted by atomic mass is 9.44. The summed E-state index contributed by atoms with van der Waals surface area (Å²) in [6, 6.07) is 10.5. The van der Waals surface area contributed by atoms with Crippen LogP contribution >= 0.6 is 0 Å². The summed E-state index contributed by atoms with van der Waals surface area (Å²) in [7, 11) is 0. The standard InChI is InChI=1S/C26H38O/c1-25-16-7-6-10-19(25)11-12-20-21-13-14-23(26(21,2)17-15-22(20)25)24(27)18-8-4-3-5-9-18/h3-5,8-9,19-24,27H,6-7,10-17H2,1-2H3/t19-,20-,21-,22-,23?,24?,25-,26-/m0/s1. The summed E-state index contributed by atoms with van der Waals surface area (Å²) in [6.45, 7) is 5.22. The van der Waals surface area contributed by atoms with Gasteiger partial charge in [-0.15, -0.1) is 0 Å². The predicted molar refractivity (Wildman–Crippen MR) is 111 cm³/mol. The Balaban J connectivity index is 1.41. The second-order valence-electron chi connectivity index (χ2n) is 11.0. The van der Waals surface area contributed by atoms with Gasteiger partial charge in [0, 0.05) is 0 Å². The third-order valence-corrected chi connectivity index (χ3v) is 10.2. The van der Waals surface area contributed by atoms with Crippen molar-refractivity contribution in [1.29, 1.82) is 0 Å². The highest BCUT2D eigenvalue weighted by Crippen LogP contribution is 2.68.